The predicted molar refractivity (Wildman–Crippen MR) is 141 cm³/mol. The molecule has 1 heterocycles. The maximum atomic E-state index is 13.1. The van der Waals surface area contributed by atoms with Crippen LogP contribution in [0, 0.1) is 34.5 Å². The van der Waals surface area contributed by atoms with E-state index in [0.29, 0.717) is 37.6 Å². The van der Waals surface area contributed by atoms with Crippen molar-refractivity contribution in [2.75, 3.05) is 6.54 Å². The van der Waals surface area contributed by atoms with Crippen LogP contribution in [-0.4, -0.2) is 46.1 Å². The van der Waals surface area contributed by atoms with Gasteiger partial charge < -0.3 is 15.0 Å². The summed E-state index contributed by atoms with van der Waals surface area (Å²) in [5.41, 5.74) is 1.78. The zero-order valence-electron chi connectivity index (χ0n) is 22.9. The molecule has 38 heavy (non-hydrogen) atoms. The van der Waals surface area contributed by atoms with Crippen molar-refractivity contribution >= 4 is 23.4 Å². The van der Waals surface area contributed by atoms with Gasteiger partial charge in [0.25, 0.3) is 0 Å². The molecular formula is C30H41N3O5. The molecule has 206 valence electrons. The highest BCUT2D eigenvalue weighted by Crippen LogP contribution is 2.67. The number of fused-ring (bicyclic) bond motifs is 5. The molecule has 7 atom stereocenters. The summed E-state index contributed by atoms with van der Waals surface area (Å²) >= 11 is 0. The van der Waals surface area contributed by atoms with Crippen molar-refractivity contribution in [3.05, 3.63) is 29.9 Å². The smallest absolute Gasteiger partial charge is 0.306 e. The van der Waals surface area contributed by atoms with Gasteiger partial charge in [-0.3, -0.25) is 19.2 Å². The van der Waals surface area contributed by atoms with Crippen LogP contribution in [0.5, 0.6) is 0 Å². The fourth-order valence-corrected chi connectivity index (χ4v) is 8.72. The molecule has 2 N–H and O–H groups in total. The van der Waals surface area contributed by atoms with Crippen LogP contribution in [0.15, 0.2) is 24.2 Å². The number of nitrogens with zero attached hydrogens (tertiary/aromatic N) is 1. The first-order chi connectivity index (χ1) is 18.1. The molecular weight excluding hydrogens is 482 g/mol. The van der Waals surface area contributed by atoms with Crippen molar-refractivity contribution in [1.29, 1.82) is 0 Å². The van der Waals surface area contributed by atoms with Gasteiger partial charge in [-0.1, -0.05) is 19.4 Å². The summed E-state index contributed by atoms with van der Waals surface area (Å²) in [5, 5.41) is 2.86. The predicted octanol–water partition coefficient (Wildman–Crippen LogP) is 4.11. The topological polar surface area (TPSA) is 118 Å². The van der Waals surface area contributed by atoms with E-state index in [2.05, 4.69) is 29.1 Å². The molecule has 0 aromatic carbocycles. The van der Waals surface area contributed by atoms with Crippen LogP contribution in [0.3, 0.4) is 0 Å². The van der Waals surface area contributed by atoms with Crippen LogP contribution in [-0.2, 0) is 30.3 Å². The van der Waals surface area contributed by atoms with Crippen LogP contribution in [0.2, 0.25) is 0 Å². The Balaban J connectivity index is 1.29. The van der Waals surface area contributed by atoms with Gasteiger partial charge in [-0.15, -0.1) is 0 Å². The lowest BCUT2D eigenvalue weighted by Crippen LogP contribution is -2.58. The number of allylic oxidation sites excluding steroid dienone is 1. The SMILES string of the molecule is CC(=O)[C@H]1CCC2[C@@H]3CCC4=CC(=O)CC[C@]4(C)C3[C@H](OC(=O)CCC(=O)NCCc3cnc[nH]3)C[C@@]21C. The molecule has 0 bridgehead atoms. The van der Waals surface area contributed by atoms with E-state index in [1.165, 1.54) is 5.57 Å². The van der Waals surface area contributed by atoms with Crippen molar-refractivity contribution in [2.45, 2.75) is 91.1 Å². The van der Waals surface area contributed by atoms with E-state index in [9.17, 15) is 19.2 Å². The number of imidazole rings is 1. The molecule has 2 unspecified atom stereocenters. The lowest BCUT2D eigenvalue weighted by molar-refractivity contribution is -0.178. The average molecular weight is 524 g/mol. The zero-order valence-corrected chi connectivity index (χ0v) is 22.9. The highest BCUT2D eigenvalue weighted by Gasteiger charge is 2.63. The summed E-state index contributed by atoms with van der Waals surface area (Å²) in [4.78, 5) is 57.4. The van der Waals surface area contributed by atoms with Gasteiger partial charge >= 0.3 is 5.97 Å². The minimum absolute atomic E-state index is 0.00650. The third-order valence-electron chi connectivity index (χ3n) is 10.5. The van der Waals surface area contributed by atoms with Crippen LogP contribution in [0.1, 0.15) is 84.3 Å². The molecule has 4 aliphatic carbocycles. The van der Waals surface area contributed by atoms with Gasteiger partial charge in [0.1, 0.15) is 11.9 Å². The quantitative estimate of drug-likeness (QED) is 0.495. The maximum absolute atomic E-state index is 13.1. The highest BCUT2D eigenvalue weighted by molar-refractivity contribution is 5.91. The lowest BCUT2D eigenvalue weighted by Gasteiger charge is -2.60. The van der Waals surface area contributed by atoms with Gasteiger partial charge in [-0.25, -0.2) is 4.98 Å². The molecule has 8 heteroatoms. The molecule has 1 aromatic rings. The van der Waals surface area contributed by atoms with E-state index in [1.54, 1.807) is 19.4 Å². The zero-order chi connectivity index (χ0) is 27.1. The van der Waals surface area contributed by atoms with E-state index in [4.69, 9.17) is 4.74 Å². The van der Waals surface area contributed by atoms with Gasteiger partial charge in [-0.2, -0.15) is 0 Å². The molecule has 3 fully saturated rings. The summed E-state index contributed by atoms with van der Waals surface area (Å²) in [6.07, 6.45) is 11.4. The Morgan fingerprint density at radius 3 is 2.71 bits per heavy atom. The standard InChI is InChI=1S/C30H41N3O5/c1-18(34)23-6-7-24-22-5-4-19-14-21(35)10-12-29(19,2)28(22)25(15-30(23,24)3)38-27(37)9-8-26(36)32-13-11-20-16-31-17-33-20/h14,16-17,22-25,28H,4-13,15H2,1-3H3,(H,31,33)(H,32,36)/t22-,23+,24?,25+,28?,29-,30+/m0/s1. The second-order valence-electron chi connectivity index (χ2n) is 12.5. The third kappa shape index (κ3) is 4.87. The molecule has 1 aromatic heterocycles. The second-order valence-corrected chi connectivity index (χ2v) is 12.5. The average Bonchev–Trinajstić information content (AvgIpc) is 3.50. The number of amides is 1. The summed E-state index contributed by atoms with van der Waals surface area (Å²) in [6, 6.07) is 0. The molecule has 0 saturated heterocycles. The van der Waals surface area contributed by atoms with E-state index in [-0.39, 0.29) is 65.1 Å². The van der Waals surface area contributed by atoms with Crippen molar-refractivity contribution in [1.82, 2.24) is 15.3 Å². The molecule has 0 aliphatic heterocycles. The summed E-state index contributed by atoms with van der Waals surface area (Å²) in [5.74, 6) is 0.800. The first-order valence-corrected chi connectivity index (χ1v) is 14.3. The van der Waals surface area contributed by atoms with E-state index < -0.39 is 0 Å². The van der Waals surface area contributed by atoms with Gasteiger partial charge in [0, 0.05) is 49.5 Å². The number of aromatic nitrogens is 2. The van der Waals surface area contributed by atoms with Gasteiger partial charge in [0.2, 0.25) is 5.91 Å². The largest absolute Gasteiger partial charge is 0.462 e. The van der Waals surface area contributed by atoms with Crippen molar-refractivity contribution in [3.63, 3.8) is 0 Å². The van der Waals surface area contributed by atoms with E-state index in [1.807, 2.05) is 6.08 Å². The van der Waals surface area contributed by atoms with Gasteiger partial charge in [-0.05, 0) is 74.2 Å². The molecule has 0 spiro atoms. The molecule has 4 aliphatic rings. The number of nitrogens with one attached hydrogen (secondary N) is 2. The van der Waals surface area contributed by atoms with Crippen LogP contribution < -0.4 is 5.32 Å². The van der Waals surface area contributed by atoms with Crippen molar-refractivity contribution in [2.24, 2.45) is 34.5 Å². The van der Waals surface area contributed by atoms with Gasteiger partial charge in [0.15, 0.2) is 5.78 Å². The van der Waals surface area contributed by atoms with Crippen LogP contribution in [0.25, 0.3) is 0 Å². The first-order valence-electron chi connectivity index (χ1n) is 14.3. The molecule has 8 nitrogen and oxygen atoms in total. The Labute approximate surface area is 224 Å². The lowest BCUT2D eigenvalue weighted by atomic mass is 9.46. The number of carbonyl (C=O) groups is 4. The molecule has 3 saturated carbocycles. The number of esters is 1. The molecule has 1 amide bonds. The Bertz CT molecular complexity index is 1130. The number of carbonyl (C=O) groups excluding carboxylic acids is 4. The van der Waals surface area contributed by atoms with Crippen molar-refractivity contribution in [3.8, 4) is 0 Å². The minimum Gasteiger partial charge on any atom is -0.462 e. The number of Topliss-reactive ketones (excluding diaryl/α,β-unsaturated/α-hetero) is 1. The minimum atomic E-state index is -0.358. The Hall–Kier alpha value is -2.77. The fraction of sp³-hybridized carbons (Fsp3) is 0.700. The number of H-pyrrole nitrogens is 1. The van der Waals surface area contributed by atoms with E-state index in [0.717, 1.165) is 37.8 Å². The Kier molecular flexibility index (Phi) is 7.35. The number of hydrogen-bond acceptors (Lipinski definition) is 6. The maximum Gasteiger partial charge on any atom is 0.306 e. The van der Waals surface area contributed by atoms with Crippen molar-refractivity contribution < 1.29 is 23.9 Å². The highest BCUT2D eigenvalue weighted by atomic mass is 16.5. The number of rotatable bonds is 8. The van der Waals surface area contributed by atoms with E-state index >= 15 is 0 Å². The Morgan fingerprint density at radius 1 is 1.16 bits per heavy atom. The third-order valence-corrected chi connectivity index (χ3v) is 10.5. The Morgan fingerprint density at radius 2 is 1.97 bits per heavy atom. The summed E-state index contributed by atoms with van der Waals surface area (Å²) in [6.45, 7) is 6.67. The fourth-order valence-electron chi connectivity index (χ4n) is 8.72. The molecule has 5 rings (SSSR count). The van der Waals surface area contributed by atoms with Crippen LogP contribution in [0.4, 0.5) is 0 Å². The normalized spacial score (nSPS) is 35.9. The monoisotopic (exact) mass is 523 g/mol. The van der Waals surface area contributed by atoms with Crippen LogP contribution >= 0.6 is 0 Å². The number of aromatic amines is 1. The summed E-state index contributed by atoms with van der Waals surface area (Å²) in [7, 11) is 0. The molecule has 0 radical (unpaired) electrons. The first kappa shape index (κ1) is 26.8. The number of ether oxygens (including phenoxy) is 1. The second kappa shape index (κ2) is 10.4. The summed E-state index contributed by atoms with van der Waals surface area (Å²) < 4.78 is 6.26. The van der Waals surface area contributed by atoms with Gasteiger partial charge in [0.05, 0.1) is 12.7 Å². The number of hydrogen-bond donors (Lipinski definition) is 2. The number of ketones is 2.